The predicted octanol–water partition coefficient (Wildman–Crippen LogP) is 3.87. The molecule has 0 aliphatic carbocycles. The highest BCUT2D eigenvalue weighted by atomic mass is 35.5. The minimum absolute atomic E-state index is 0.00735. The number of fused-ring (bicyclic) bond motifs is 2. The van der Waals surface area contributed by atoms with E-state index in [1.165, 1.54) is 15.2 Å². The molecule has 4 saturated heterocycles. The Labute approximate surface area is 348 Å². The maximum Gasteiger partial charge on any atom is 0.263 e. The van der Waals surface area contributed by atoms with Gasteiger partial charge in [-0.05, 0) is 87.0 Å². The number of ether oxygens (including phenoxy) is 2. The summed E-state index contributed by atoms with van der Waals surface area (Å²) in [6, 6.07) is 5.04. The van der Waals surface area contributed by atoms with Crippen LogP contribution in [-0.4, -0.2) is 125 Å². The van der Waals surface area contributed by atoms with Crippen molar-refractivity contribution in [2.24, 2.45) is 0 Å². The summed E-state index contributed by atoms with van der Waals surface area (Å²) in [6.07, 6.45) is 16.1. The summed E-state index contributed by atoms with van der Waals surface area (Å²) >= 11 is 5.96. The minimum Gasteiger partial charge on any atom is -0.381 e. The zero-order valence-corrected chi connectivity index (χ0v) is 33.3. The van der Waals surface area contributed by atoms with Crippen LogP contribution in [0.15, 0.2) is 61.7 Å². The van der Waals surface area contributed by atoms with Crippen molar-refractivity contribution < 1.29 is 23.5 Å². The van der Waals surface area contributed by atoms with Crippen LogP contribution in [0.2, 0.25) is 5.02 Å². The fourth-order valence-electron chi connectivity index (χ4n) is 8.41. The zero-order chi connectivity index (χ0) is 41.3. The Balaban J connectivity index is 0.000000154. The lowest BCUT2D eigenvalue weighted by molar-refractivity contribution is -0.0712. The number of nitrogens with zero attached hydrogens (tertiary/aromatic N) is 10. The molecule has 4 fully saturated rings. The summed E-state index contributed by atoms with van der Waals surface area (Å²) in [4.78, 5) is 47.6. The highest BCUT2D eigenvalue weighted by Gasteiger charge is 2.33. The first kappa shape index (κ1) is 39.6. The van der Waals surface area contributed by atoms with Gasteiger partial charge in [0.1, 0.15) is 11.1 Å². The second kappa shape index (κ2) is 17.0. The van der Waals surface area contributed by atoms with Gasteiger partial charge in [-0.3, -0.25) is 29.4 Å². The van der Waals surface area contributed by atoms with Crippen molar-refractivity contribution in [2.75, 3.05) is 74.7 Å². The molecule has 6 aromatic heterocycles. The molecule has 10 heterocycles. The molecule has 10 rings (SSSR count). The first-order valence-corrected chi connectivity index (χ1v) is 20.3. The number of aromatic nitrogens is 8. The lowest BCUT2D eigenvalue weighted by Gasteiger charge is -2.41. The molecule has 0 aromatic carbocycles. The monoisotopic (exact) mass is 838 g/mol. The van der Waals surface area contributed by atoms with Crippen LogP contribution in [0.4, 0.5) is 27.4 Å². The van der Waals surface area contributed by atoms with Crippen LogP contribution in [0.1, 0.15) is 69.4 Å². The fraction of sp³-hybridized carbons (Fsp3) is 0.400. The maximum absolute atomic E-state index is 13.4. The normalized spacial score (nSPS) is 18.4. The molecule has 4 aliphatic rings. The van der Waals surface area contributed by atoms with Crippen molar-refractivity contribution in [3.8, 4) is 0 Å². The van der Waals surface area contributed by atoms with E-state index in [4.69, 9.17) is 32.5 Å². The molecule has 0 bridgehead atoms. The summed E-state index contributed by atoms with van der Waals surface area (Å²) in [7, 11) is 0. The van der Waals surface area contributed by atoms with Crippen molar-refractivity contribution in [3.05, 3.63) is 94.8 Å². The summed E-state index contributed by atoms with van der Waals surface area (Å²) < 4.78 is 26.6. The van der Waals surface area contributed by atoms with Crippen LogP contribution in [0.3, 0.4) is 0 Å². The zero-order valence-electron chi connectivity index (χ0n) is 32.6. The van der Waals surface area contributed by atoms with Crippen LogP contribution in [-0.2, 0) is 9.47 Å². The van der Waals surface area contributed by atoms with Gasteiger partial charge in [0.15, 0.2) is 28.7 Å². The Kier molecular flexibility index (Phi) is 11.2. The fourth-order valence-corrected chi connectivity index (χ4v) is 8.56. The SMILES string of the molecule is Nc1nn2cc(Cl)cnc2c1C(=O)Nc1cnccc1C1CCN(C2COC2)CC1.Nc1nn2cc(F)cnc2c1C(=O)Nc1cnccc1C1CCN(C2COC2)CC1. The smallest absolute Gasteiger partial charge is 0.263 e. The van der Waals surface area contributed by atoms with E-state index < -0.39 is 11.7 Å². The van der Waals surface area contributed by atoms with Gasteiger partial charge in [-0.25, -0.2) is 23.4 Å². The number of carbonyl (C=O) groups is 2. The lowest BCUT2D eigenvalue weighted by Crippen LogP contribution is -2.51. The van der Waals surface area contributed by atoms with E-state index >= 15 is 0 Å². The average Bonchev–Trinajstić information content (AvgIpc) is 3.71. The molecule has 6 N–H and O–H groups in total. The number of nitrogen functional groups attached to an aromatic ring is 2. The number of anilines is 4. The minimum atomic E-state index is -0.564. The van der Waals surface area contributed by atoms with Gasteiger partial charge in [0, 0.05) is 18.6 Å². The predicted molar refractivity (Wildman–Crippen MR) is 220 cm³/mol. The van der Waals surface area contributed by atoms with E-state index in [-0.39, 0.29) is 34.3 Å². The third-order valence-corrected chi connectivity index (χ3v) is 12.0. The van der Waals surface area contributed by atoms with Crippen molar-refractivity contribution in [3.63, 3.8) is 0 Å². The van der Waals surface area contributed by atoms with E-state index in [9.17, 15) is 14.0 Å². The summed E-state index contributed by atoms with van der Waals surface area (Å²) in [5, 5.41) is 14.4. The summed E-state index contributed by atoms with van der Waals surface area (Å²) in [5.74, 6) is -0.592. The summed E-state index contributed by atoms with van der Waals surface area (Å²) in [6.45, 7) is 7.37. The van der Waals surface area contributed by atoms with E-state index in [1.54, 1.807) is 31.0 Å². The number of likely N-dealkylation sites (tertiary alicyclic amines) is 2. The van der Waals surface area contributed by atoms with Gasteiger partial charge in [-0.2, -0.15) is 0 Å². The molecule has 20 heteroatoms. The second-order valence-electron chi connectivity index (χ2n) is 15.4. The first-order chi connectivity index (χ1) is 29.2. The number of pyridine rings is 2. The Morgan fingerprint density at radius 3 is 1.58 bits per heavy atom. The molecular formula is C40H44ClFN14O4. The molecule has 2 amide bonds. The van der Waals surface area contributed by atoms with Gasteiger partial charge in [0.2, 0.25) is 0 Å². The van der Waals surface area contributed by atoms with Crippen LogP contribution in [0.25, 0.3) is 11.3 Å². The molecule has 18 nitrogen and oxygen atoms in total. The Hall–Kier alpha value is -5.86. The Morgan fingerprint density at radius 2 is 1.13 bits per heavy atom. The quantitative estimate of drug-likeness (QED) is 0.171. The summed E-state index contributed by atoms with van der Waals surface area (Å²) in [5.41, 5.74) is 16.3. The number of halogens is 2. The van der Waals surface area contributed by atoms with Gasteiger partial charge in [0.05, 0.1) is 85.9 Å². The number of nitrogens with one attached hydrogen (secondary N) is 2. The molecule has 6 aromatic rings. The lowest BCUT2D eigenvalue weighted by atomic mass is 9.88. The van der Waals surface area contributed by atoms with Gasteiger partial charge < -0.3 is 31.6 Å². The third-order valence-electron chi connectivity index (χ3n) is 11.8. The van der Waals surface area contributed by atoms with Crippen LogP contribution < -0.4 is 22.1 Å². The first-order valence-electron chi connectivity index (χ1n) is 19.9. The molecule has 0 spiro atoms. The van der Waals surface area contributed by atoms with Crippen molar-refractivity contribution in [1.29, 1.82) is 0 Å². The van der Waals surface area contributed by atoms with E-state index in [1.807, 2.05) is 12.1 Å². The van der Waals surface area contributed by atoms with E-state index in [2.05, 4.69) is 50.6 Å². The highest BCUT2D eigenvalue weighted by molar-refractivity contribution is 6.30. The van der Waals surface area contributed by atoms with Gasteiger partial charge in [-0.15, -0.1) is 10.2 Å². The molecule has 0 unspecified atom stereocenters. The standard InChI is InChI=1S/C20H22ClN7O2.C20H22FN7O2/c2*21-13-7-24-19-17(18(22)26-28(19)9-13)20(29)25-16-8-23-4-1-15(16)12-2-5-27(6-3-12)14-10-30-11-14/h2*1,4,7-9,12,14H,2-3,5-6,10-11H2,(H2,22,26)(H,25,29). The number of piperidine rings is 2. The molecule has 0 atom stereocenters. The van der Waals surface area contributed by atoms with Crippen LogP contribution in [0, 0.1) is 5.82 Å². The number of carbonyl (C=O) groups excluding carboxylic acids is 2. The molecule has 0 saturated carbocycles. The number of hydrogen-bond donors (Lipinski definition) is 4. The molecule has 312 valence electrons. The number of nitrogens with two attached hydrogens (primary N) is 2. The van der Waals surface area contributed by atoms with Gasteiger partial charge >= 0.3 is 0 Å². The van der Waals surface area contributed by atoms with Crippen LogP contribution >= 0.6 is 11.6 Å². The molecule has 0 radical (unpaired) electrons. The number of rotatable bonds is 8. The van der Waals surface area contributed by atoms with E-state index in [0.717, 1.165) is 102 Å². The maximum atomic E-state index is 13.4. The van der Waals surface area contributed by atoms with Gasteiger partial charge in [-0.1, -0.05) is 11.6 Å². The number of hydrogen-bond acceptors (Lipinski definition) is 14. The van der Waals surface area contributed by atoms with Crippen molar-refractivity contribution in [2.45, 2.75) is 49.6 Å². The topological polar surface area (TPSA) is 221 Å². The third kappa shape index (κ3) is 8.05. The van der Waals surface area contributed by atoms with Gasteiger partial charge in [0.25, 0.3) is 11.8 Å². The highest BCUT2D eigenvalue weighted by Crippen LogP contribution is 2.36. The molecule has 4 aliphatic heterocycles. The van der Waals surface area contributed by atoms with Crippen molar-refractivity contribution >= 4 is 57.7 Å². The van der Waals surface area contributed by atoms with E-state index in [0.29, 0.717) is 46.0 Å². The number of amides is 2. The largest absolute Gasteiger partial charge is 0.381 e. The Bertz CT molecular complexity index is 2360. The van der Waals surface area contributed by atoms with Crippen molar-refractivity contribution in [1.82, 2.24) is 49.0 Å². The average molecular weight is 839 g/mol. The molecular weight excluding hydrogens is 795 g/mol. The Morgan fingerprint density at radius 1 is 0.683 bits per heavy atom. The second-order valence-corrected chi connectivity index (χ2v) is 15.9. The molecule has 60 heavy (non-hydrogen) atoms. The van der Waals surface area contributed by atoms with Crippen LogP contribution in [0.5, 0.6) is 0 Å².